The van der Waals surface area contributed by atoms with Crippen LogP contribution in [0.5, 0.6) is 0 Å². The smallest absolute Gasteiger partial charge is 0.270 e. The molecule has 150 valence electrons. The molecule has 1 aliphatic rings. The maximum absolute atomic E-state index is 13.1. The molecule has 0 aliphatic carbocycles. The summed E-state index contributed by atoms with van der Waals surface area (Å²) in [4.78, 5) is 29.1. The molecule has 7 heteroatoms. The summed E-state index contributed by atoms with van der Waals surface area (Å²) in [6, 6.07) is 13.0. The number of nitrogens with one attached hydrogen (secondary N) is 1. The van der Waals surface area contributed by atoms with Crippen LogP contribution in [0.25, 0.3) is 6.08 Å². The third-order valence-electron chi connectivity index (χ3n) is 4.91. The molecule has 0 aromatic heterocycles. The van der Waals surface area contributed by atoms with E-state index in [1.54, 1.807) is 31.2 Å². The third kappa shape index (κ3) is 4.18. The van der Waals surface area contributed by atoms with E-state index >= 15 is 0 Å². The van der Waals surface area contributed by atoms with Crippen LogP contribution in [0.2, 0.25) is 5.02 Å². The van der Waals surface area contributed by atoms with Gasteiger partial charge in [-0.05, 0) is 74.5 Å². The average Bonchev–Trinajstić information content (AvgIpc) is 2.70. The Bertz CT molecular complexity index is 998. The van der Waals surface area contributed by atoms with E-state index < -0.39 is 11.8 Å². The Morgan fingerprint density at radius 2 is 1.76 bits per heavy atom. The first-order chi connectivity index (χ1) is 13.9. The number of rotatable bonds is 5. The first-order valence-corrected chi connectivity index (χ1v) is 10.2. The van der Waals surface area contributed by atoms with Gasteiger partial charge in [-0.15, -0.1) is 0 Å². The van der Waals surface area contributed by atoms with Crippen LogP contribution < -0.4 is 15.1 Å². The lowest BCUT2D eigenvalue weighted by Gasteiger charge is -2.30. The summed E-state index contributed by atoms with van der Waals surface area (Å²) in [6.07, 6.45) is 1.58. The highest BCUT2D eigenvalue weighted by molar-refractivity contribution is 7.80. The van der Waals surface area contributed by atoms with Crippen LogP contribution in [0.15, 0.2) is 48.0 Å². The van der Waals surface area contributed by atoms with E-state index in [-0.39, 0.29) is 10.7 Å². The molecule has 1 saturated heterocycles. The Hall–Kier alpha value is -2.70. The predicted octanol–water partition coefficient (Wildman–Crippen LogP) is 4.33. The SMILES string of the molecule is CCN(CC)c1ccc(C=C2C(=O)NC(=S)N(c3cccc(Cl)c3C)C2=O)cc1. The van der Waals surface area contributed by atoms with Gasteiger partial charge in [0.2, 0.25) is 0 Å². The maximum Gasteiger partial charge on any atom is 0.270 e. The van der Waals surface area contributed by atoms with Gasteiger partial charge in [-0.3, -0.25) is 19.8 Å². The zero-order chi connectivity index (χ0) is 21.1. The molecule has 0 bridgehead atoms. The number of halogens is 1. The van der Waals surface area contributed by atoms with Gasteiger partial charge in [0.15, 0.2) is 5.11 Å². The number of carbonyl (C=O) groups is 2. The molecule has 1 fully saturated rings. The Morgan fingerprint density at radius 3 is 2.38 bits per heavy atom. The van der Waals surface area contributed by atoms with E-state index in [2.05, 4.69) is 24.1 Å². The Kier molecular flexibility index (Phi) is 6.35. The van der Waals surface area contributed by atoms with Crippen molar-refractivity contribution in [3.05, 3.63) is 64.2 Å². The summed E-state index contributed by atoms with van der Waals surface area (Å²) in [6.45, 7) is 7.81. The number of nitrogens with zero attached hydrogens (tertiary/aromatic N) is 2. The highest BCUT2D eigenvalue weighted by Gasteiger charge is 2.35. The highest BCUT2D eigenvalue weighted by Crippen LogP contribution is 2.29. The molecule has 5 nitrogen and oxygen atoms in total. The summed E-state index contributed by atoms with van der Waals surface area (Å²) < 4.78 is 0. The standard InChI is InChI=1S/C22H22ClN3O2S/c1-4-25(5-2)16-11-9-15(10-12-16)13-17-20(27)24-22(29)26(21(17)28)19-8-6-7-18(23)14(19)3/h6-13H,4-5H2,1-3H3,(H,24,27,29). The van der Waals surface area contributed by atoms with Crippen molar-refractivity contribution in [1.29, 1.82) is 0 Å². The largest absolute Gasteiger partial charge is 0.372 e. The van der Waals surface area contributed by atoms with E-state index in [1.165, 1.54) is 4.90 Å². The van der Waals surface area contributed by atoms with E-state index in [0.717, 1.165) is 24.3 Å². The van der Waals surface area contributed by atoms with Crippen molar-refractivity contribution in [2.24, 2.45) is 0 Å². The number of anilines is 2. The molecule has 0 spiro atoms. The topological polar surface area (TPSA) is 52.7 Å². The number of hydrogen-bond donors (Lipinski definition) is 1. The molecular weight excluding hydrogens is 406 g/mol. The second-order valence-corrected chi connectivity index (χ2v) is 7.40. The fourth-order valence-corrected chi connectivity index (χ4v) is 3.69. The van der Waals surface area contributed by atoms with Crippen LogP contribution >= 0.6 is 23.8 Å². The quantitative estimate of drug-likeness (QED) is 0.438. The van der Waals surface area contributed by atoms with Crippen molar-refractivity contribution >= 4 is 58.2 Å². The van der Waals surface area contributed by atoms with Gasteiger partial charge < -0.3 is 4.90 Å². The minimum atomic E-state index is -0.510. The van der Waals surface area contributed by atoms with Crippen LogP contribution in [-0.4, -0.2) is 30.0 Å². The summed E-state index contributed by atoms with van der Waals surface area (Å²) in [7, 11) is 0. The summed E-state index contributed by atoms with van der Waals surface area (Å²) in [5.41, 5.74) is 3.14. The van der Waals surface area contributed by atoms with Crippen LogP contribution in [0.1, 0.15) is 25.0 Å². The van der Waals surface area contributed by atoms with E-state index in [0.29, 0.717) is 16.3 Å². The molecule has 2 aromatic carbocycles. The second-order valence-electron chi connectivity index (χ2n) is 6.61. The van der Waals surface area contributed by atoms with Crippen LogP contribution in [-0.2, 0) is 9.59 Å². The zero-order valence-electron chi connectivity index (χ0n) is 16.5. The number of benzene rings is 2. The number of hydrogen-bond acceptors (Lipinski definition) is 4. The van der Waals surface area contributed by atoms with E-state index in [9.17, 15) is 9.59 Å². The van der Waals surface area contributed by atoms with Crippen molar-refractivity contribution in [2.75, 3.05) is 22.9 Å². The first kappa shape index (κ1) is 21.0. The molecule has 2 aromatic rings. The van der Waals surface area contributed by atoms with Crippen LogP contribution in [0, 0.1) is 6.92 Å². The molecular formula is C22H22ClN3O2S. The van der Waals surface area contributed by atoms with Gasteiger partial charge in [-0.1, -0.05) is 29.8 Å². The van der Waals surface area contributed by atoms with Gasteiger partial charge in [0.05, 0.1) is 5.69 Å². The Balaban J connectivity index is 1.96. The third-order valence-corrected chi connectivity index (χ3v) is 5.61. The maximum atomic E-state index is 13.1. The molecule has 29 heavy (non-hydrogen) atoms. The predicted molar refractivity (Wildman–Crippen MR) is 122 cm³/mol. The summed E-state index contributed by atoms with van der Waals surface area (Å²) >= 11 is 11.5. The lowest BCUT2D eigenvalue weighted by atomic mass is 10.1. The van der Waals surface area contributed by atoms with Crippen molar-refractivity contribution in [3.8, 4) is 0 Å². The molecule has 0 atom stereocenters. The molecule has 0 unspecified atom stereocenters. The fourth-order valence-electron chi connectivity index (χ4n) is 3.25. The van der Waals surface area contributed by atoms with Gasteiger partial charge in [-0.25, -0.2) is 0 Å². The average molecular weight is 428 g/mol. The van der Waals surface area contributed by atoms with Gasteiger partial charge in [0, 0.05) is 23.8 Å². The molecule has 0 saturated carbocycles. The molecule has 0 radical (unpaired) electrons. The van der Waals surface area contributed by atoms with Gasteiger partial charge in [0.1, 0.15) is 5.57 Å². The Labute approximate surface area is 180 Å². The summed E-state index contributed by atoms with van der Waals surface area (Å²) in [5.74, 6) is -0.985. The lowest BCUT2D eigenvalue weighted by molar-refractivity contribution is -0.122. The summed E-state index contributed by atoms with van der Waals surface area (Å²) in [5, 5.41) is 3.16. The fraction of sp³-hybridized carbons (Fsp3) is 0.227. The van der Waals surface area contributed by atoms with Gasteiger partial charge >= 0.3 is 0 Å². The van der Waals surface area contributed by atoms with E-state index in [4.69, 9.17) is 23.8 Å². The molecule has 1 aliphatic heterocycles. The van der Waals surface area contributed by atoms with Crippen LogP contribution in [0.3, 0.4) is 0 Å². The van der Waals surface area contributed by atoms with Crippen molar-refractivity contribution in [1.82, 2.24) is 5.32 Å². The van der Waals surface area contributed by atoms with Crippen molar-refractivity contribution in [2.45, 2.75) is 20.8 Å². The first-order valence-electron chi connectivity index (χ1n) is 9.39. The normalized spacial score (nSPS) is 15.7. The highest BCUT2D eigenvalue weighted by atomic mass is 35.5. The minimum Gasteiger partial charge on any atom is -0.372 e. The second kappa shape index (κ2) is 8.76. The Morgan fingerprint density at radius 1 is 1.10 bits per heavy atom. The zero-order valence-corrected chi connectivity index (χ0v) is 18.1. The van der Waals surface area contributed by atoms with Gasteiger partial charge in [-0.2, -0.15) is 0 Å². The molecule has 2 amide bonds. The lowest BCUT2D eigenvalue weighted by Crippen LogP contribution is -2.54. The molecule has 1 heterocycles. The number of thiocarbonyl (C=S) groups is 1. The van der Waals surface area contributed by atoms with Crippen molar-refractivity contribution in [3.63, 3.8) is 0 Å². The van der Waals surface area contributed by atoms with Gasteiger partial charge in [0.25, 0.3) is 11.8 Å². The molecule has 1 N–H and O–H groups in total. The van der Waals surface area contributed by atoms with E-state index in [1.807, 2.05) is 24.3 Å². The van der Waals surface area contributed by atoms with Crippen molar-refractivity contribution < 1.29 is 9.59 Å². The minimum absolute atomic E-state index is 0.0218. The van der Waals surface area contributed by atoms with Crippen LogP contribution in [0.4, 0.5) is 11.4 Å². The molecule has 3 rings (SSSR count). The monoisotopic (exact) mass is 427 g/mol. The number of carbonyl (C=O) groups excluding carboxylic acids is 2. The number of amides is 2.